The number of anilines is 1. The molecule has 1 amide bonds. The third-order valence-electron chi connectivity index (χ3n) is 2.65. The lowest BCUT2D eigenvalue weighted by molar-refractivity contribution is -0.119. The van der Waals surface area contributed by atoms with E-state index in [1.807, 2.05) is 19.1 Å². The lowest BCUT2D eigenvalue weighted by atomic mass is 10.1. The summed E-state index contributed by atoms with van der Waals surface area (Å²) in [5, 5.41) is 2.86. The lowest BCUT2D eigenvalue weighted by Gasteiger charge is -2.10. The van der Waals surface area contributed by atoms with Crippen LogP contribution in [0.4, 0.5) is 5.82 Å². The average Bonchev–Trinajstić information content (AvgIpc) is 2.77. The Balaban J connectivity index is 2.03. The molecule has 4 heteroatoms. The highest BCUT2D eigenvalue weighted by Gasteiger charge is 2.19. The van der Waals surface area contributed by atoms with E-state index in [1.54, 1.807) is 0 Å². The minimum absolute atomic E-state index is 0.0677. The first-order valence-electron chi connectivity index (χ1n) is 5.26. The van der Waals surface area contributed by atoms with E-state index in [0.29, 0.717) is 5.82 Å². The molecule has 3 nitrogen and oxygen atoms in total. The van der Waals surface area contributed by atoms with E-state index in [-0.39, 0.29) is 11.8 Å². The molecule has 0 radical (unpaired) electrons. The Kier molecular flexibility index (Phi) is 3.58. The fraction of sp³-hybridized carbons (Fsp3) is 0.333. The monoisotopic (exact) mass is 328 g/mol. The van der Waals surface area contributed by atoms with Gasteiger partial charge in [-0.2, -0.15) is 0 Å². The van der Waals surface area contributed by atoms with E-state index in [4.69, 9.17) is 0 Å². The zero-order valence-electron chi connectivity index (χ0n) is 9.03. The number of hydrogen-bond donors (Lipinski definition) is 1. The van der Waals surface area contributed by atoms with Crippen molar-refractivity contribution in [3.63, 3.8) is 0 Å². The Morgan fingerprint density at radius 3 is 2.75 bits per heavy atom. The van der Waals surface area contributed by atoms with E-state index in [2.05, 4.69) is 45.0 Å². The highest BCUT2D eigenvalue weighted by Crippen LogP contribution is 2.20. The summed E-state index contributed by atoms with van der Waals surface area (Å²) < 4.78 is 1.11. The summed E-state index contributed by atoms with van der Waals surface area (Å²) >= 11 is 2.23. The number of amides is 1. The Hall–Kier alpha value is -0.910. The number of pyridine rings is 1. The van der Waals surface area contributed by atoms with Crippen molar-refractivity contribution in [3.8, 4) is 0 Å². The molecule has 0 fully saturated rings. The zero-order chi connectivity index (χ0) is 11.5. The highest BCUT2D eigenvalue weighted by atomic mass is 127. The molecule has 0 saturated carbocycles. The van der Waals surface area contributed by atoms with Gasteiger partial charge in [0, 0.05) is 9.49 Å². The van der Waals surface area contributed by atoms with Crippen molar-refractivity contribution in [1.82, 2.24) is 4.98 Å². The standard InChI is InChI=1S/C12H13IN2O/c1-8-10(13)6-7-11(14-8)15-12(16)9-4-2-3-5-9/h2-3,6-7,9H,4-5H2,1H3,(H,14,15,16). The molecule has 0 saturated heterocycles. The first kappa shape index (κ1) is 11.6. The van der Waals surface area contributed by atoms with Crippen LogP contribution in [0.25, 0.3) is 0 Å². The second kappa shape index (κ2) is 4.95. The number of rotatable bonds is 2. The third-order valence-corrected chi connectivity index (χ3v) is 3.79. The molecule has 1 aromatic rings. The molecule has 2 rings (SSSR count). The van der Waals surface area contributed by atoms with Crippen LogP contribution in [0.2, 0.25) is 0 Å². The summed E-state index contributed by atoms with van der Waals surface area (Å²) in [6.07, 6.45) is 5.79. The van der Waals surface area contributed by atoms with Crippen LogP contribution < -0.4 is 5.32 Å². The van der Waals surface area contributed by atoms with Crippen molar-refractivity contribution in [2.45, 2.75) is 19.8 Å². The Morgan fingerprint density at radius 1 is 1.44 bits per heavy atom. The summed E-state index contributed by atoms with van der Waals surface area (Å²) in [5.74, 6) is 0.800. The maximum Gasteiger partial charge on any atom is 0.229 e. The van der Waals surface area contributed by atoms with Crippen molar-refractivity contribution in [2.75, 3.05) is 5.32 Å². The molecule has 0 atom stereocenters. The van der Waals surface area contributed by atoms with Crippen LogP contribution in [-0.4, -0.2) is 10.9 Å². The average molecular weight is 328 g/mol. The summed E-state index contributed by atoms with van der Waals surface area (Å²) in [6, 6.07) is 3.81. The molecule has 0 bridgehead atoms. The van der Waals surface area contributed by atoms with E-state index in [9.17, 15) is 4.79 Å². The Labute approximate surface area is 108 Å². The number of hydrogen-bond acceptors (Lipinski definition) is 2. The van der Waals surface area contributed by atoms with Crippen molar-refractivity contribution < 1.29 is 4.79 Å². The van der Waals surface area contributed by atoms with Gasteiger partial charge in [0.2, 0.25) is 5.91 Å². The van der Waals surface area contributed by atoms with E-state index < -0.39 is 0 Å². The summed E-state index contributed by atoms with van der Waals surface area (Å²) in [4.78, 5) is 16.1. The van der Waals surface area contributed by atoms with E-state index in [1.165, 1.54) is 0 Å². The largest absolute Gasteiger partial charge is 0.310 e. The second-order valence-corrected chi connectivity index (χ2v) is 5.05. The van der Waals surface area contributed by atoms with Gasteiger partial charge in [0.05, 0.1) is 5.69 Å². The Bertz CT molecular complexity index is 435. The van der Waals surface area contributed by atoms with Gasteiger partial charge < -0.3 is 5.32 Å². The van der Waals surface area contributed by atoms with E-state index >= 15 is 0 Å². The molecular formula is C12H13IN2O. The van der Waals surface area contributed by atoms with Crippen molar-refractivity contribution in [3.05, 3.63) is 33.5 Å². The second-order valence-electron chi connectivity index (χ2n) is 3.89. The maximum atomic E-state index is 11.8. The van der Waals surface area contributed by atoms with Crippen LogP contribution in [0.15, 0.2) is 24.3 Å². The van der Waals surface area contributed by atoms with Crippen LogP contribution in [0.5, 0.6) is 0 Å². The van der Waals surface area contributed by atoms with Gasteiger partial charge in [0.1, 0.15) is 5.82 Å². The first-order valence-corrected chi connectivity index (χ1v) is 6.33. The predicted octanol–water partition coefficient (Wildman–Crippen LogP) is 2.90. The number of allylic oxidation sites excluding steroid dienone is 2. The van der Waals surface area contributed by atoms with Crippen LogP contribution in [-0.2, 0) is 4.79 Å². The number of aromatic nitrogens is 1. The minimum atomic E-state index is 0.0677. The normalized spacial score (nSPS) is 15.4. The number of aryl methyl sites for hydroxylation is 1. The smallest absolute Gasteiger partial charge is 0.229 e. The predicted molar refractivity (Wildman–Crippen MR) is 72.2 cm³/mol. The van der Waals surface area contributed by atoms with Crippen LogP contribution >= 0.6 is 22.6 Å². The van der Waals surface area contributed by atoms with Crippen molar-refractivity contribution in [2.24, 2.45) is 5.92 Å². The number of carbonyl (C=O) groups is 1. The van der Waals surface area contributed by atoms with Gasteiger partial charge in [0.25, 0.3) is 0 Å². The molecule has 84 valence electrons. The van der Waals surface area contributed by atoms with Gasteiger partial charge in [-0.05, 0) is 54.5 Å². The molecule has 1 N–H and O–H groups in total. The van der Waals surface area contributed by atoms with Gasteiger partial charge in [-0.3, -0.25) is 4.79 Å². The molecule has 1 aliphatic carbocycles. The van der Waals surface area contributed by atoms with Crippen LogP contribution in [0.1, 0.15) is 18.5 Å². The summed E-state index contributed by atoms with van der Waals surface area (Å²) in [6.45, 7) is 1.94. The lowest BCUT2D eigenvalue weighted by Crippen LogP contribution is -2.21. The number of carbonyl (C=O) groups excluding carboxylic acids is 1. The molecule has 1 aliphatic rings. The van der Waals surface area contributed by atoms with Crippen molar-refractivity contribution >= 4 is 34.3 Å². The topological polar surface area (TPSA) is 42.0 Å². The molecule has 16 heavy (non-hydrogen) atoms. The number of halogens is 1. The molecular weight excluding hydrogens is 315 g/mol. The number of nitrogens with zero attached hydrogens (tertiary/aromatic N) is 1. The fourth-order valence-electron chi connectivity index (χ4n) is 1.67. The van der Waals surface area contributed by atoms with Gasteiger partial charge in [-0.1, -0.05) is 12.2 Å². The van der Waals surface area contributed by atoms with Gasteiger partial charge >= 0.3 is 0 Å². The molecule has 1 heterocycles. The zero-order valence-corrected chi connectivity index (χ0v) is 11.2. The maximum absolute atomic E-state index is 11.8. The SMILES string of the molecule is Cc1nc(NC(=O)C2CC=CC2)ccc1I. The molecule has 1 aromatic heterocycles. The summed E-state index contributed by atoms with van der Waals surface area (Å²) in [7, 11) is 0. The Morgan fingerprint density at radius 2 is 2.12 bits per heavy atom. The third kappa shape index (κ3) is 2.61. The molecule has 0 unspecified atom stereocenters. The van der Waals surface area contributed by atoms with Crippen LogP contribution in [0.3, 0.4) is 0 Å². The first-order chi connectivity index (χ1) is 7.66. The summed E-state index contributed by atoms with van der Waals surface area (Å²) in [5.41, 5.74) is 0.947. The van der Waals surface area contributed by atoms with Crippen molar-refractivity contribution in [1.29, 1.82) is 0 Å². The fourth-order valence-corrected chi connectivity index (χ4v) is 1.97. The van der Waals surface area contributed by atoms with Gasteiger partial charge in [-0.25, -0.2) is 4.98 Å². The van der Waals surface area contributed by atoms with Crippen LogP contribution in [0, 0.1) is 16.4 Å². The highest BCUT2D eigenvalue weighted by molar-refractivity contribution is 14.1. The molecule has 0 aromatic carbocycles. The molecule has 0 spiro atoms. The number of nitrogens with one attached hydrogen (secondary N) is 1. The molecule has 0 aliphatic heterocycles. The quantitative estimate of drug-likeness (QED) is 0.670. The van der Waals surface area contributed by atoms with E-state index in [0.717, 1.165) is 22.1 Å². The van der Waals surface area contributed by atoms with Gasteiger partial charge in [0.15, 0.2) is 0 Å². The minimum Gasteiger partial charge on any atom is -0.310 e. The van der Waals surface area contributed by atoms with Gasteiger partial charge in [-0.15, -0.1) is 0 Å².